The van der Waals surface area contributed by atoms with E-state index in [0.29, 0.717) is 26.3 Å². The van der Waals surface area contributed by atoms with Crippen LogP contribution in [0.3, 0.4) is 0 Å². The molecule has 5 atom stereocenters. The molecule has 3 N–H and O–H groups in total. The highest BCUT2D eigenvalue weighted by Crippen LogP contribution is 2.26. The molecule has 0 amide bonds. The Morgan fingerprint density at radius 2 is 1.89 bits per heavy atom. The maximum absolute atomic E-state index is 10.2. The van der Waals surface area contributed by atoms with Crippen molar-refractivity contribution in [2.75, 3.05) is 40.0 Å². The summed E-state index contributed by atoms with van der Waals surface area (Å²) in [6, 6.07) is -0.448. The van der Waals surface area contributed by atoms with Crippen molar-refractivity contribution in [2.24, 2.45) is 0 Å². The van der Waals surface area contributed by atoms with Gasteiger partial charge in [-0.1, -0.05) is 0 Å². The van der Waals surface area contributed by atoms with Crippen molar-refractivity contribution in [3.05, 3.63) is 0 Å². The second-order valence-electron chi connectivity index (χ2n) is 4.58. The summed E-state index contributed by atoms with van der Waals surface area (Å²) in [5.74, 6) is 0. The zero-order valence-corrected chi connectivity index (χ0v) is 10.4. The zero-order valence-electron chi connectivity index (χ0n) is 10.4. The monoisotopic (exact) mass is 263 g/mol. The van der Waals surface area contributed by atoms with E-state index in [-0.39, 0.29) is 6.61 Å². The molecule has 2 aliphatic heterocycles. The minimum absolute atomic E-state index is 0.353. The number of hydrogen-bond donors (Lipinski definition) is 3. The van der Waals surface area contributed by atoms with Crippen LogP contribution >= 0.6 is 0 Å². The maximum atomic E-state index is 10.2. The third-order valence-electron chi connectivity index (χ3n) is 3.55. The fourth-order valence-corrected chi connectivity index (χ4v) is 2.53. The maximum Gasteiger partial charge on any atom is 0.175 e. The lowest BCUT2D eigenvalue weighted by atomic mass is 9.95. The van der Waals surface area contributed by atoms with Crippen molar-refractivity contribution in [1.82, 2.24) is 4.90 Å². The van der Waals surface area contributed by atoms with E-state index in [2.05, 4.69) is 0 Å². The van der Waals surface area contributed by atoms with Gasteiger partial charge in [0.15, 0.2) is 6.29 Å². The summed E-state index contributed by atoms with van der Waals surface area (Å²) in [5.41, 5.74) is 0. The van der Waals surface area contributed by atoms with E-state index in [1.807, 2.05) is 4.90 Å². The van der Waals surface area contributed by atoms with Crippen molar-refractivity contribution >= 4 is 0 Å². The largest absolute Gasteiger partial charge is 0.394 e. The van der Waals surface area contributed by atoms with E-state index >= 15 is 0 Å². The van der Waals surface area contributed by atoms with Gasteiger partial charge < -0.3 is 29.5 Å². The van der Waals surface area contributed by atoms with E-state index in [4.69, 9.17) is 19.3 Å². The second-order valence-corrected chi connectivity index (χ2v) is 4.58. The van der Waals surface area contributed by atoms with Crippen molar-refractivity contribution in [2.45, 2.75) is 30.6 Å². The SMILES string of the molecule is CO[C@@H]1O[C@H](CO)[C@H](O)[C@H](O)[C@@H]1N1CCOCC1. The van der Waals surface area contributed by atoms with Crippen LogP contribution in [0.2, 0.25) is 0 Å². The number of methoxy groups -OCH3 is 1. The molecule has 0 unspecified atom stereocenters. The van der Waals surface area contributed by atoms with Crippen molar-refractivity contribution < 1.29 is 29.5 Å². The molecular weight excluding hydrogens is 242 g/mol. The first-order valence-electron chi connectivity index (χ1n) is 6.16. The summed E-state index contributed by atoms with van der Waals surface area (Å²) in [6.07, 6.45) is -3.62. The van der Waals surface area contributed by atoms with Gasteiger partial charge in [0.25, 0.3) is 0 Å². The van der Waals surface area contributed by atoms with Crippen LogP contribution in [0.5, 0.6) is 0 Å². The molecule has 2 aliphatic rings. The summed E-state index contributed by atoms with van der Waals surface area (Å²) in [4.78, 5) is 1.99. The first-order valence-corrected chi connectivity index (χ1v) is 6.16. The molecule has 0 aromatic carbocycles. The van der Waals surface area contributed by atoms with Crippen LogP contribution in [-0.2, 0) is 14.2 Å². The Kier molecular flexibility index (Phi) is 4.91. The molecule has 2 heterocycles. The van der Waals surface area contributed by atoms with Crippen LogP contribution in [-0.4, -0.2) is 90.9 Å². The Morgan fingerprint density at radius 3 is 2.44 bits per heavy atom. The van der Waals surface area contributed by atoms with Gasteiger partial charge in [0.1, 0.15) is 18.3 Å². The number of aliphatic hydroxyl groups is 3. The van der Waals surface area contributed by atoms with Crippen LogP contribution < -0.4 is 0 Å². The molecule has 7 heteroatoms. The van der Waals surface area contributed by atoms with Gasteiger partial charge >= 0.3 is 0 Å². The molecule has 106 valence electrons. The molecule has 18 heavy (non-hydrogen) atoms. The Morgan fingerprint density at radius 1 is 1.22 bits per heavy atom. The molecular formula is C11H21NO6. The fraction of sp³-hybridized carbons (Fsp3) is 1.00. The Bertz CT molecular complexity index is 258. The van der Waals surface area contributed by atoms with E-state index in [9.17, 15) is 10.2 Å². The highest BCUT2D eigenvalue weighted by Gasteiger charge is 2.47. The number of aliphatic hydroxyl groups excluding tert-OH is 3. The predicted octanol–water partition coefficient (Wildman–Crippen LogP) is -2.23. The standard InChI is InChI=1S/C11H21NO6/c1-16-11-8(12-2-4-17-5-3-12)10(15)9(14)7(6-13)18-11/h7-11,13-15H,2-6H2,1H3/t7-,8+,9+,10-,11-/m1/s1. The quantitative estimate of drug-likeness (QED) is 0.531. The first-order chi connectivity index (χ1) is 8.69. The fourth-order valence-electron chi connectivity index (χ4n) is 2.53. The lowest BCUT2D eigenvalue weighted by Gasteiger charge is -2.47. The molecule has 0 spiro atoms. The van der Waals surface area contributed by atoms with Crippen LogP contribution in [0.15, 0.2) is 0 Å². The Labute approximate surface area is 106 Å². The third kappa shape index (κ3) is 2.67. The molecule has 7 nitrogen and oxygen atoms in total. The van der Waals surface area contributed by atoms with Crippen LogP contribution in [0.1, 0.15) is 0 Å². The Balaban J connectivity index is 2.10. The lowest BCUT2D eigenvalue weighted by Crippen LogP contribution is -2.65. The minimum atomic E-state index is -1.12. The molecule has 2 fully saturated rings. The molecule has 0 saturated carbocycles. The van der Waals surface area contributed by atoms with Crippen molar-refractivity contribution in [3.8, 4) is 0 Å². The number of morpholine rings is 1. The van der Waals surface area contributed by atoms with E-state index in [1.54, 1.807) is 0 Å². The Hall–Kier alpha value is -0.280. The number of ether oxygens (including phenoxy) is 3. The van der Waals surface area contributed by atoms with Gasteiger partial charge in [0.2, 0.25) is 0 Å². The average Bonchev–Trinajstić information content (AvgIpc) is 2.42. The minimum Gasteiger partial charge on any atom is -0.394 e. The summed E-state index contributed by atoms with van der Waals surface area (Å²) >= 11 is 0. The number of nitrogens with zero attached hydrogens (tertiary/aromatic N) is 1. The summed E-state index contributed by atoms with van der Waals surface area (Å²) in [5, 5.41) is 29.2. The van der Waals surface area contributed by atoms with E-state index in [1.165, 1.54) is 7.11 Å². The van der Waals surface area contributed by atoms with Gasteiger partial charge in [-0.3, -0.25) is 4.90 Å². The summed E-state index contributed by atoms with van der Waals surface area (Å²) in [7, 11) is 1.48. The van der Waals surface area contributed by atoms with Gasteiger partial charge in [-0.15, -0.1) is 0 Å². The third-order valence-corrected chi connectivity index (χ3v) is 3.55. The highest BCUT2D eigenvalue weighted by atomic mass is 16.7. The van der Waals surface area contributed by atoms with Gasteiger partial charge in [0, 0.05) is 20.2 Å². The number of rotatable bonds is 3. The molecule has 0 aliphatic carbocycles. The predicted molar refractivity (Wildman–Crippen MR) is 60.9 cm³/mol. The van der Waals surface area contributed by atoms with E-state index in [0.717, 1.165) is 0 Å². The van der Waals surface area contributed by atoms with Crippen LogP contribution in [0.4, 0.5) is 0 Å². The smallest absolute Gasteiger partial charge is 0.175 e. The van der Waals surface area contributed by atoms with Gasteiger partial charge in [0.05, 0.1) is 25.9 Å². The van der Waals surface area contributed by atoms with Crippen molar-refractivity contribution in [1.29, 1.82) is 0 Å². The summed E-state index contributed by atoms with van der Waals surface area (Å²) in [6.45, 7) is 2.12. The second kappa shape index (κ2) is 6.25. The van der Waals surface area contributed by atoms with Crippen LogP contribution in [0, 0.1) is 0 Å². The molecule has 0 bridgehead atoms. The zero-order chi connectivity index (χ0) is 13.1. The van der Waals surface area contributed by atoms with E-state index < -0.39 is 30.6 Å². The van der Waals surface area contributed by atoms with Crippen LogP contribution in [0.25, 0.3) is 0 Å². The van der Waals surface area contributed by atoms with Gasteiger partial charge in [-0.2, -0.15) is 0 Å². The number of hydrogen-bond acceptors (Lipinski definition) is 7. The normalized spacial score (nSPS) is 43.0. The molecule has 2 rings (SSSR count). The molecule has 2 saturated heterocycles. The molecule has 0 aromatic heterocycles. The average molecular weight is 263 g/mol. The molecule has 0 radical (unpaired) electrons. The molecule has 0 aromatic rings. The highest BCUT2D eigenvalue weighted by molar-refractivity contribution is 4.95. The first kappa shape index (κ1) is 14.1. The summed E-state index contributed by atoms with van der Waals surface area (Å²) < 4.78 is 15.9. The van der Waals surface area contributed by atoms with Gasteiger partial charge in [-0.25, -0.2) is 0 Å². The van der Waals surface area contributed by atoms with Crippen molar-refractivity contribution in [3.63, 3.8) is 0 Å². The van der Waals surface area contributed by atoms with Gasteiger partial charge in [-0.05, 0) is 0 Å². The lowest BCUT2D eigenvalue weighted by molar-refractivity contribution is -0.283. The topological polar surface area (TPSA) is 91.6 Å².